The van der Waals surface area contributed by atoms with Crippen LogP contribution in [0, 0.1) is 0 Å². The summed E-state index contributed by atoms with van der Waals surface area (Å²) in [5.41, 5.74) is 2.40. The second-order valence-electron chi connectivity index (χ2n) is 5.57. The van der Waals surface area contributed by atoms with Gasteiger partial charge in [-0.25, -0.2) is 4.79 Å². The van der Waals surface area contributed by atoms with E-state index in [1.54, 1.807) is 11.0 Å². The van der Waals surface area contributed by atoms with E-state index in [9.17, 15) is 14.7 Å². The summed E-state index contributed by atoms with van der Waals surface area (Å²) >= 11 is 3.23. The molecule has 1 heterocycles. The highest BCUT2D eigenvalue weighted by molar-refractivity contribution is 9.10. The van der Waals surface area contributed by atoms with Crippen molar-refractivity contribution in [3.05, 3.63) is 63.6 Å². The summed E-state index contributed by atoms with van der Waals surface area (Å²) in [5.74, 6) is -1.14. The lowest BCUT2D eigenvalue weighted by Crippen LogP contribution is -2.38. The molecule has 0 aliphatic carbocycles. The minimum Gasteiger partial charge on any atom is -0.507 e. The van der Waals surface area contributed by atoms with Gasteiger partial charge in [-0.1, -0.05) is 40.2 Å². The number of ether oxygens (including phenoxy) is 1. The van der Waals surface area contributed by atoms with Crippen molar-refractivity contribution < 1.29 is 19.4 Å². The van der Waals surface area contributed by atoms with Crippen LogP contribution in [0.15, 0.2) is 46.9 Å². The maximum atomic E-state index is 12.3. The van der Waals surface area contributed by atoms with E-state index < -0.39 is 5.97 Å². The zero-order valence-electron chi connectivity index (χ0n) is 12.9. The number of fused-ring (bicyclic) bond motifs is 1. The molecular weight excluding hydrogens is 374 g/mol. The number of aromatic hydroxyl groups is 1. The Morgan fingerprint density at radius 3 is 2.71 bits per heavy atom. The van der Waals surface area contributed by atoms with Crippen LogP contribution in [-0.4, -0.2) is 35.0 Å². The van der Waals surface area contributed by atoms with E-state index in [-0.39, 0.29) is 23.8 Å². The van der Waals surface area contributed by atoms with Crippen LogP contribution in [0.4, 0.5) is 0 Å². The number of carbonyl (C=O) groups is 2. The number of amides is 1. The molecule has 2 aromatic rings. The normalized spacial score (nSPS) is 13.3. The summed E-state index contributed by atoms with van der Waals surface area (Å²) in [4.78, 5) is 26.0. The highest BCUT2D eigenvalue weighted by Gasteiger charge is 2.22. The minimum atomic E-state index is -0.723. The first kappa shape index (κ1) is 16.5. The second kappa shape index (κ2) is 7.05. The number of hydrogen-bond donors (Lipinski definition) is 1. The molecule has 0 bridgehead atoms. The van der Waals surface area contributed by atoms with E-state index in [1.807, 2.05) is 18.2 Å². The molecule has 0 fully saturated rings. The molecule has 3 rings (SSSR count). The molecular formula is C18H16BrNO4. The molecule has 0 saturated carbocycles. The maximum absolute atomic E-state index is 12.3. The third kappa shape index (κ3) is 3.59. The molecule has 0 spiro atoms. The molecule has 6 heteroatoms. The quantitative estimate of drug-likeness (QED) is 0.819. The number of nitrogens with zero attached hydrogens (tertiary/aromatic N) is 1. The average molecular weight is 390 g/mol. The van der Waals surface area contributed by atoms with Crippen molar-refractivity contribution in [1.82, 2.24) is 4.90 Å². The Kier molecular flexibility index (Phi) is 4.85. The van der Waals surface area contributed by atoms with E-state index in [4.69, 9.17) is 4.74 Å². The van der Waals surface area contributed by atoms with Crippen LogP contribution in [0.25, 0.3) is 0 Å². The monoisotopic (exact) mass is 389 g/mol. The number of rotatable bonds is 3. The van der Waals surface area contributed by atoms with Crippen LogP contribution in [0.3, 0.4) is 0 Å². The fourth-order valence-electron chi connectivity index (χ4n) is 2.68. The molecule has 0 saturated heterocycles. The van der Waals surface area contributed by atoms with Gasteiger partial charge in [0, 0.05) is 17.6 Å². The number of phenolic OH excluding ortho intramolecular Hbond substituents is 1. The summed E-state index contributed by atoms with van der Waals surface area (Å²) < 4.78 is 5.70. The molecule has 0 unspecified atom stereocenters. The molecule has 0 aromatic heterocycles. The van der Waals surface area contributed by atoms with Crippen LogP contribution >= 0.6 is 15.9 Å². The minimum absolute atomic E-state index is 0.0289. The fraction of sp³-hybridized carbons (Fsp3) is 0.222. The Morgan fingerprint density at radius 1 is 1.17 bits per heavy atom. The number of phenols is 1. The van der Waals surface area contributed by atoms with Crippen LogP contribution < -0.4 is 0 Å². The van der Waals surface area contributed by atoms with Crippen molar-refractivity contribution >= 4 is 27.8 Å². The number of esters is 1. The Balaban J connectivity index is 1.60. The predicted molar refractivity (Wildman–Crippen MR) is 91.7 cm³/mol. The third-order valence-electron chi connectivity index (χ3n) is 3.99. The molecule has 2 aromatic carbocycles. The van der Waals surface area contributed by atoms with Gasteiger partial charge in [-0.15, -0.1) is 0 Å². The first-order valence-electron chi connectivity index (χ1n) is 7.55. The lowest BCUT2D eigenvalue weighted by atomic mass is 10.00. The summed E-state index contributed by atoms with van der Waals surface area (Å²) in [6.45, 7) is 0.789. The van der Waals surface area contributed by atoms with Crippen LogP contribution in [0.2, 0.25) is 0 Å². The van der Waals surface area contributed by atoms with E-state index in [1.165, 1.54) is 17.7 Å². The highest BCUT2D eigenvalue weighted by atomic mass is 79.9. The van der Waals surface area contributed by atoms with Crippen molar-refractivity contribution in [2.45, 2.75) is 13.0 Å². The summed E-state index contributed by atoms with van der Waals surface area (Å²) in [6.07, 6.45) is 0.794. The Hall–Kier alpha value is -2.34. The second-order valence-corrected chi connectivity index (χ2v) is 6.49. The van der Waals surface area contributed by atoms with E-state index >= 15 is 0 Å². The zero-order chi connectivity index (χ0) is 17.1. The average Bonchev–Trinajstić information content (AvgIpc) is 2.61. The molecule has 1 N–H and O–H groups in total. The Bertz CT molecular complexity index is 790. The molecule has 1 aliphatic rings. The predicted octanol–water partition coefficient (Wildman–Crippen LogP) is 2.90. The Labute approximate surface area is 148 Å². The molecule has 5 nitrogen and oxygen atoms in total. The number of hydrogen-bond acceptors (Lipinski definition) is 4. The lowest BCUT2D eigenvalue weighted by Gasteiger charge is -2.28. The van der Waals surface area contributed by atoms with Gasteiger partial charge in [-0.05, 0) is 35.7 Å². The molecule has 124 valence electrons. The number of benzene rings is 2. The van der Waals surface area contributed by atoms with Crippen molar-refractivity contribution in [1.29, 1.82) is 0 Å². The van der Waals surface area contributed by atoms with Crippen molar-refractivity contribution in [2.24, 2.45) is 0 Å². The molecule has 1 amide bonds. The van der Waals surface area contributed by atoms with Gasteiger partial charge in [0.05, 0.1) is 0 Å². The summed E-state index contributed by atoms with van der Waals surface area (Å²) in [7, 11) is 0. The van der Waals surface area contributed by atoms with Crippen molar-refractivity contribution in [2.75, 3.05) is 13.2 Å². The van der Waals surface area contributed by atoms with Crippen molar-refractivity contribution in [3.8, 4) is 5.75 Å². The van der Waals surface area contributed by atoms with Gasteiger partial charge >= 0.3 is 5.97 Å². The van der Waals surface area contributed by atoms with Gasteiger partial charge in [0.25, 0.3) is 5.91 Å². The number of carbonyl (C=O) groups excluding carboxylic acids is 2. The lowest BCUT2D eigenvalue weighted by molar-refractivity contribution is -0.135. The molecule has 1 aliphatic heterocycles. The first-order chi connectivity index (χ1) is 11.5. The largest absolute Gasteiger partial charge is 0.507 e. The zero-order valence-corrected chi connectivity index (χ0v) is 14.5. The van der Waals surface area contributed by atoms with E-state index in [0.29, 0.717) is 17.6 Å². The van der Waals surface area contributed by atoms with E-state index in [2.05, 4.69) is 22.0 Å². The van der Waals surface area contributed by atoms with Gasteiger partial charge in [0.1, 0.15) is 11.3 Å². The highest BCUT2D eigenvalue weighted by Crippen LogP contribution is 2.23. The fourth-order valence-corrected chi connectivity index (χ4v) is 3.04. The summed E-state index contributed by atoms with van der Waals surface area (Å²) in [5, 5.41) is 9.71. The van der Waals surface area contributed by atoms with Gasteiger partial charge in [0.2, 0.25) is 0 Å². The summed E-state index contributed by atoms with van der Waals surface area (Å²) in [6, 6.07) is 12.5. The molecule has 0 radical (unpaired) electrons. The molecule has 0 atom stereocenters. The van der Waals surface area contributed by atoms with Crippen molar-refractivity contribution in [3.63, 3.8) is 0 Å². The number of halogens is 1. The van der Waals surface area contributed by atoms with Gasteiger partial charge in [-0.3, -0.25) is 4.79 Å². The first-order valence-corrected chi connectivity index (χ1v) is 8.34. The standard InChI is InChI=1S/C18H16BrNO4/c19-14-5-6-16(21)15(9-14)18(23)24-11-17(22)20-8-7-12-3-1-2-4-13(12)10-20/h1-6,9,21H,7-8,10-11H2. The smallest absolute Gasteiger partial charge is 0.342 e. The molecule has 24 heavy (non-hydrogen) atoms. The Morgan fingerprint density at radius 2 is 1.92 bits per heavy atom. The van der Waals surface area contributed by atoms with Gasteiger partial charge < -0.3 is 14.7 Å². The third-order valence-corrected chi connectivity index (χ3v) is 4.48. The van der Waals surface area contributed by atoms with E-state index in [0.717, 1.165) is 12.0 Å². The SMILES string of the molecule is O=C(OCC(=O)N1CCc2ccccc2C1)c1cc(Br)ccc1O. The maximum Gasteiger partial charge on any atom is 0.342 e. The van der Waals surface area contributed by atoms with Crippen LogP contribution in [0.1, 0.15) is 21.5 Å². The topological polar surface area (TPSA) is 66.8 Å². The van der Waals surface area contributed by atoms with Crippen LogP contribution in [-0.2, 0) is 22.5 Å². The van der Waals surface area contributed by atoms with Gasteiger partial charge in [0.15, 0.2) is 6.61 Å². The van der Waals surface area contributed by atoms with Crippen LogP contribution in [0.5, 0.6) is 5.75 Å². The van der Waals surface area contributed by atoms with Gasteiger partial charge in [-0.2, -0.15) is 0 Å².